The van der Waals surface area contributed by atoms with Crippen LogP contribution in [0.3, 0.4) is 0 Å². The number of para-hydroxylation sites is 1. The maximum atomic E-state index is 12.3. The lowest BCUT2D eigenvalue weighted by atomic mass is 10.1. The number of ether oxygens (including phenoxy) is 1. The summed E-state index contributed by atoms with van der Waals surface area (Å²) in [5.74, 6) is 0. The number of benzene rings is 2. The highest BCUT2D eigenvalue weighted by molar-refractivity contribution is 5.93. The Kier molecular flexibility index (Phi) is 5.06. The summed E-state index contributed by atoms with van der Waals surface area (Å²) >= 11 is 0. The molecule has 0 saturated carbocycles. The number of carbonyl (C=O) groups is 2. The number of hydrogen-bond donors (Lipinski definition) is 2. The van der Waals surface area contributed by atoms with Crippen molar-refractivity contribution >= 4 is 29.2 Å². The highest BCUT2D eigenvalue weighted by Crippen LogP contribution is 2.31. The topological polar surface area (TPSA) is 73.9 Å². The van der Waals surface area contributed by atoms with Crippen LogP contribution in [-0.2, 0) is 11.2 Å². The molecule has 2 aliphatic rings. The van der Waals surface area contributed by atoms with Crippen LogP contribution in [0, 0.1) is 0 Å². The van der Waals surface area contributed by atoms with Gasteiger partial charge in [0.25, 0.3) is 0 Å². The summed E-state index contributed by atoms with van der Waals surface area (Å²) in [7, 11) is 0. The van der Waals surface area contributed by atoms with E-state index in [2.05, 4.69) is 40.7 Å². The van der Waals surface area contributed by atoms with Gasteiger partial charge >= 0.3 is 12.1 Å². The van der Waals surface area contributed by atoms with Gasteiger partial charge in [0, 0.05) is 36.2 Å². The molecule has 0 aromatic heterocycles. The molecular weight excluding hydrogens is 356 g/mol. The van der Waals surface area contributed by atoms with E-state index in [9.17, 15) is 9.59 Å². The van der Waals surface area contributed by atoms with Gasteiger partial charge in [-0.1, -0.05) is 24.3 Å². The molecule has 146 valence electrons. The summed E-state index contributed by atoms with van der Waals surface area (Å²) in [6.45, 7) is 4.40. The van der Waals surface area contributed by atoms with Crippen molar-refractivity contribution in [3.05, 3.63) is 54.1 Å². The number of cyclic esters (lactones) is 1. The van der Waals surface area contributed by atoms with Crippen LogP contribution in [-0.4, -0.2) is 44.4 Å². The Bertz CT molecular complexity index is 885. The van der Waals surface area contributed by atoms with E-state index >= 15 is 0 Å². The SMILES string of the molecule is CC1Cc2ccccc2N1CCNC(=O)Nc1cccc(N2CCOC2=O)c1. The van der Waals surface area contributed by atoms with Crippen molar-refractivity contribution in [2.75, 3.05) is 41.4 Å². The lowest BCUT2D eigenvalue weighted by molar-refractivity contribution is 0.181. The molecule has 2 aromatic carbocycles. The Hall–Kier alpha value is -3.22. The van der Waals surface area contributed by atoms with E-state index in [1.165, 1.54) is 11.3 Å². The largest absolute Gasteiger partial charge is 0.447 e. The van der Waals surface area contributed by atoms with Crippen LogP contribution in [0.15, 0.2) is 48.5 Å². The van der Waals surface area contributed by atoms with Gasteiger partial charge in [0.1, 0.15) is 6.61 Å². The zero-order valence-corrected chi connectivity index (χ0v) is 15.9. The maximum Gasteiger partial charge on any atom is 0.414 e. The van der Waals surface area contributed by atoms with E-state index in [4.69, 9.17) is 4.74 Å². The molecule has 0 bridgehead atoms. The summed E-state index contributed by atoms with van der Waals surface area (Å²) in [6.07, 6.45) is 0.676. The zero-order valence-electron chi connectivity index (χ0n) is 15.9. The molecular formula is C21H24N4O3. The predicted molar refractivity (Wildman–Crippen MR) is 109 cm³/mol. The molecule has 2 heterocycles. The fraction of sp³-hybridized carbons (Fsp3) is 0.333. The molecule has 0 aliphatic carbocycles. The molecule has 3 amide bonds. The average Bonchev–Trinajstić information content (AvgIpc) is 3.25. The minimum Gasteiger partial charge on any atom is -0.447 e. The van der Waals surface area contributed by atoms with Crippen LogP contribution in [0.2, 0.25) is 0 Å². The first-order valence-electron chi connectivity index (χ1n) is 9.55. The lowest BCUT2D eigenvalue weighted by Gasteiger charge is -2.25. The highest BCUT2D eigenvalue weighted by Gasteiger charge is 2.25. The molecule has 2 N–H and O–H groups in total. The van der Waals surface area contributed by atoms with Crippen molar-refractivity contribution in [2.24, 2.45) is 0 Å². The van der Waals surface area contributed by atoms with Crippen LogP contribution in [0.25, 0.3) is 0 Å². The maximum absolute atomic E-state index is 12.3. The number of carbonyl (C=O) groups excluding carboxylic acids is 2. The summed E-state index contributed by atoms with van der Waals surface area (Å²) in [5, 5.41) is 5.74. The summed E-state index contributed by atoms with van der Waals surface area (Å²) in [5.41, 5.74) is 3.96. The molecule has 1 atom stereocenters. The summed E-state index contributed by atoms with van der Waals surface area (Å²) in [6, 6.07) is 15.8. The molecule has 1 unspecified atom stereocenters. The van der Waals surface area contributed by atoms with Gasteiger partial charge in [-0.15, -0.1) is 0 Å². The number of anilines is 3. The van der Waals surface area contributed by atoms with E-state index in [0.29, 0.717) is 37.1 Å². The first kappa shape index (κ1) is 18.2. The third kappa shape index (κ3) is 3.74. The average molecular weight is 380 g/mol. The second kappa shape index (κ2) is 7.80. The molecule has 7 heteroatoms. The first-order valence-corrected chi connectivity index (χ1v) is 9.55. The molecule has 2 aromatic rings. The van der Waals surface area contributed by atoms with Gasteiger partial charge in [0.2, 0.25) is 0 Å². The number of hydrogen-bond acceptors (Lipinski definition) is 4. The van der Waals surface area contributed by atoms with Gasteiger partial charge in [-0.25, -0.2) is 9.59 Å². The van der Waals surface area contributed by atoms with Gasteiger partial charge < -0.3 is 20.3 Å². The number of nitrogens with one attached hydrogen (secondary N) is 2. The Labute approximate surface area is 164 Å². The summed E-state index contributed by atoms with van der Waals surface area (Å²) in [4.78, 5) is 27.8. The van der Waals surface area contributed by atoms with Gasteiger partial charge in [-0.3, -0.25) is 4.90 Å². The first-order chi connectivity index (χ1) is 13.6. The van der Waals surface area contributed by atoms with E-state index in [1.54, 1.807) is 23.1 Å². The number of fused-ring (bicyclic) bond motifs is 1. The predicted octanol–water partition coefficient (Wildman–Crippen LogP) is 3.22. The number of urea groups is 1. The fourth-order valence-electron chi connectivity index (χ4n) is 3.82. The van der Waals surface area contributed by atoms with Gasteiger partial charge in [-0.05, 0) is 43.2 Å². The Balaban J connectivity index is 1.30. The standard InChI is InChI=1S/C21H24N4O3/c1-15-13-16-5-2-3-8-19(16)24(15)10-9-22-20(26)23-17-6-4-7-18(14-17)25-11-12-28-21(25)27/h2-8,14-15H,9-13H2,1H3,(H2,22,23,26). The van der Waals surface area contributed by atoms with Crippen LogP contribution in [0.4, 0.5) is 26.7 Å². The molecule has 7 nitrogen and oxygen atoms in total. The van der Waals surface area contributed by atoms with Crippen LogP contribution < -0.4 is 20.4 Å². The monoisotopic (exact) mass is 380 g/mol. The van der Waals surface area contributed by atoms with Crippen molar-refractivity contribution < 1.29 is 14.3 Å². The molecule has 2 aliphatic heterocycles. The third-order valence-corrected chi connectivity index (χ3v) is 5.16. The minimum atomic E-state index is -0.360. The van der Waals surface area contributed by atoms with Crippen LogP contribution >= 0.6 is 0 Å². The van der Waals surface area contributed by atoms with E-state index in [0.717, 1.165) is 13.0 Å². The highest BCUT2D eigenvalue weighted by atomic mass is 16.6. The van der Waals surface area contributed by atoms with Crippen molar-refractivity contribution in [1.82, 2.24) is 5.32 Å². The third-order valence-electron chi connectivity index (χ3n) is 5.16. The molecule has 28 heavy (non-hydrogen) atoms. The van der Waals surface area contributed by atoms with Gasteiger partial charge in [0.05, 0.1) is 6.54 Å². The lowest BCUT2D eigenvalue weighted by Crippen LogP contribution is -2.39. The molecule has 0 spiro atoms. The molecule has 0 radical (unpaired) electrons. The van der Waals surface area contributed by atoms with Crippen molar-refractivity contribution in [3.63, 3.8) is 0 Å². The second-order valence-electron chi connectivity index (χ2n) is 7.07. The summed E-state index contributed by atoms with van der Waals surface area (Å²) < 4.78 is 4.96. The van der Waals surface area contributed by atoms with Crippen LogP contribution in [0.5, 0.6) is 0 Å². The number of rotatable bonds is 5. The minimum absolute atomic E-state index is 0.263. The van der Waals surface area contributed by atoms with Gasteiger partial charge in [0.15, 0.2) is 0 Å². The quantitative estimate of drug-likeness (QED) is 0.835. The van der Waals surface area contributed by atoms with Crippen molar-refractivity contribution in [1.29, 1.82) is 0 Å². The second-order valence-corrected chi connectivity index (χ2v) is 7.07. The molecule has 1 saturated heterocycles. The number of amides is 3. The Morgan fingerprint density at radius 1 is 1.21 bits per heavy atom. The van der Waals surface area contributed by atoms with Crippen LogP contribution in [0.1, 0.15) is 12.5 Å². The van der Waals surface area contributed by atoms with Crippen molar-refractivity contribution in [2.45, 2.75) is 19.4 Å². The number of nitrogens with zero attached hydrogens (tertiary/aromatic N) is 2. The molecule has 1 fully saturated rings. The Morgan fingerprint density at radius 2 is 2.07 bits per heavy atom. The molecule has 4 rings (SSSR count). The van der Waals surface area contributed by atoms with E-state index < -0.39 is 0 Å². The smallest absolute Gasteiger partial charge is 0.414 e. The Morgan fingerprint density at radius 3 is 2.89 bits per heavy atom. The van der Waals surface area contributed by atoms with E-state index in [-0.39, 0.29) is 12.1 Å². The zero-order chi connectivity index (χ0) is 19.5. The van der Waals surface area contributed by atoms with E-state index in [1.807, 2.05) is 12.1 Å². The van der Waals surface area contributed by atoms with Gasteiger partial charge in [-0.2, -0.15) is 0 Å². The normalized spacial score (nSPS) is 18.0. The fourth-order valence-corrected chi connectivity index (χ4v) is 3.82. The van der Waals surface area contributed by atoms with Crippen molar-refractivity contribution in [3.8, 4) is 0 Å².